The minimum absolute atomic E-state index is 0.244. The summed E-state index contributed by atoms with van der Waals surface area (Å²) < 4.78 is 37.3. The first-order valence-corrected chi connectivity index (χ1v) is 8.09. The SMILES string of the molecule is C=CC(=O)OCC(=O)OC1C2CC3OS(=O)(=O)C1(C#N)C3C2. The average molecular weight is 327 g/mol. The van der Waals surface area contributed by atoms with Crippen LogP contribution >= 0.6 is 0 Å². The van der Waals surface area contributed by atoms with Crippen molar-refractivity contribution in [3.05, 3.63) is 12.7 Å². The fraction of sp³-hybridized carbons (Fsp3) is 0.615. The highest BCUT2D eigenvalue weighted by atomic mass is 32.2. The van der Waals surface area contributed by atoms with Gasteiger partial charge in [-0.2, -0.15) is 13.7 Å². The monoisotopic (exact) mass is 327 g/mol. The first-order valence-electron chi connectivity index (χ1n) is 6.68. The van der Waals surface area contributed by atoms with Gasteiger partial charge < -0.3 is 9.47 Å². The number of hydrogen-bond acceptors (Lipinski definition) is 8. The first-order chi connectivity index (χ1) is 10.4. The second-order valence-electron chi connectivity index (χ2n) is 5.55. The van der Waals surface area contributed by atoms with Crippen molar-refractivity contribution in [3.8, 4) is 6.07 Å². The Labute approximate surface area is 126 Å². The van der Waals surface area contributed by atoms with Crippen LogP contribution in [0.2, 0.25) is 0 Å². The maximum atomic E-state index is 12.2. The molecule has 9 heteroatoms. The summed E-state index contributed by atoms with van der Waals surface area (Å²) in [6.07, 6.45) is 0.172. The topological polar surface area (TPSA) is 120 Å². The van der Waals surface area contributed by atoms with Gasteiger partial charge in [-0.25, -0.2) is 9.59 Å². The molecule has 0 amide bonds. The Balaban J connectivity index is 1.80. The Morgan fingerprint density at radius 1 is 1.45 bits per heavy atom. The molecule has 118 valence electrons. The molecule has 22 heavy (non-hydrogen) atoms. The molecule has 2 saturated carbocycles. The molecule has 3 aliphatic rings. The first kappa shape index (κ1) is 15.0. The number of nitrogens with zero attached hydrogens (tertiary/aromatic N) is 1. The van der Waals surface area contributed by atoms with E-state index in [0.29, 0.717) is 12.8 Å². The quantitative estimate of drug-likeness (QED) is 0.391. The molecule has 2 bridgehead atoms. The van der Waals surface area contributed by atoms with Crippen molar-refractivity contribution in [2.45, 2.75) is 29.8 Å². The number of rotatable bonds is 4. The summed E-state index contributed by atoms with van der Waals surface area (Å²) in [4.78, 5) is 22.7. The van der Waals surface area contributed by atoms with Crippen LogP contribution in [0.3, 0.4) is 0 Å². The minimum Gasteiger partial charge on any atom is -0.457 e. The lowest BCUT2D eigenvalue weighted by atomic mass is 9.84. The van der Waals surface area contributed by atoms with Gasteiger partial charge in [-0.1, -0.05) is 6.58 Å². The van der Waals surface area contributed by atoms with E-state index in [-0.39, 0.29) is 5.92 Å². The molecular formula is C13H13NO7S. The second-order valence-corrected chi connectivity index (χ2v) is 7.33. The lowest BCUT2D eigenvalue weighted by molar-refractivity contribution is -0.162. The van der Waals surface area contributed by atoms with Crippen LogP contribution in [0.4, 0.5) is 0 Å². The van der Waals surface area contributed by atoms with Crippen LogP contribution in [0.25, 0.3) is 0 Å². The highest BCUT2D eigenvalue weighted by molar-refractivity contribution is 7.88. The molecule has 1 aliphatic heterocycles. The van der Waals surface area contributed by atoms with Crippen LogP contribution in [0, 0.1) is 23.2 Å². The van der Waals surface area contributed by atoms with Gasteiger partial charge in [-0.3, -0.25) is 4.18 Å². The van der Waals surface area contributed by atoms with Crippen LogP contribution in [0.5, 0.6) is 0 Å². The summed E-state index contributed by atoms with van der Waals surface area (Å²) in [7, 11) is -4.14. The van der Waals surface area contributed by atoms with Crippen LogP contribution < -0.4 is 0 Å². The van der Waals surface area contributed by atoms with Crippen molar-refractivity contribution in [1.82, 2.24) is 0 Å². The molecule has 0 aromatic carbocycles. The average Bonchev–Trinajstić information content (AvgIpc) is 3.04. The molecule has 0 radical (unpaired) electrons. The maximum Gasteiger partial charge on any atom is 0.344 e. The van der Waals surface area contributed by atoms with E-state index in [9.17, 15) is 23.3 Å². The fourth-order valence-corrected chi connectivity index (χ4v) is 5.68. The van der Waals surface area contributed by atoms with Crippen molar-refractivity contribution < 1.29 is 31.7 Å². The van der Waals surface area contributed by atoms with Crippen molar-refractivity contribution in [1.29, 1.82) is 5.26 Å². The summed E-state index contributed by atoms with van der Waals surface area (Å²) in [5.74, 6) is -2.43. The molecule has 3 rings (SSSR count). The molecule has 5 atom stereocenters. The lowest BCUT2D eigenvalue weighted by Crippen LogP contribution is -2.51. The standard InChI is InChI=1S/C13H13NO7S/c1-2-10(15)19-5-11(16)20-12-7-3-8-9(4-7)21-22(17,18)13(8,12)6-14/h2,7-9,12H,1,3-5H2. The Bertz CT molecular complexity index is 694. The van der Waals surface area contributed by atoms with E-state index < -0.39 is 51.5 Å². The zero-order valence-electron chi connectivity index (χ0n) is 11.4. The van der Waals surface area contributed by atoms with E-state index in [2.05, 4.69) is 11.3 Å². The Morgan fingerprint density at radius 2 is 2.18 bits per heavy atom. The van der Waals surface area contributed by atoms with Crippen LogP contribution in [-0.2, 0) is 33.4 Å². The molecule has 5 unspecified atom stereocenters. The minimum atomic E-state index is -4.14. The zero-order chi connectivity index (χ0) is 16.1. The van der Waals surface area contributed by atoms with Crippen molar-refractivity contribution in [2.75, 3.05) is 6.61 Å². The Hall–Kier alpha value is -1.92. The lowest BCUT2D eigenvalue weighted by Gasteiger charge is -2.30. The van der Waals surface area contributed by atoms with Crippen molar-refractivity contribution in [2.24, 2.45) is 11.8 Å². The van der Waals surface area contributed by atoms with E-state index in [1.54, 1.807) is 0 Å². The summed E-state index contributed by atoms with van der Waals surface area (Å²) >= 11 is 0. The van der Waals surface area contributed by atoms with Crippen molar-refractivity contribution in [3.63, 3.8) is 0 Å². The molecule has 0 N–H and O–H groups in total. The van der Waals surface area contributed by atoms with Gasteiger partial charge >= 0.3 is 11.9 Å². The highest BCUT2D eigenvalue weighted by Gasteiger charge is 2.77. The predicted molar refractivity (Wildman–Crippen MR) is 69.4 cm³/mol. The van der Waals surface area contributed by atoms with E-state index in [4.69, 9.17) is 8.92 Å². The molecular weight excluding hydrogens is 314 g/mol. The molecule has 0 spiro atoms. The Morgan fingerprint density at radius 3 is 2.82 bits per heavy atom. The molecule has 1 saturated heterocycles. The van der Waals surface area contributed by atoms with Gasteiger partial charge in [0.25, 0.3) is 10.1 Å². The molecule has 0 aromatic rings. The number of fused-ring (bicyclic) bond motifs is 1. The smallest absolute Gasteiger partial charge is 0.344 e. The summed E-state index contributed by atoms with van der Waals surface area (Å²) in [5, 5.41) is 9.44. The largest absolute Gasteiger partial charge is 0.457 e. The van der Waals surface area contributed by atoms with E-state index in [0.717, 1.165) is 6.08 Å². The van der Waals surface area contributed by atoms with Gasteiger partial charge in [0.05, 0.1) is 12.2 Å². The number of ether oxygens (including phenoxy) is 2. The van der Waals surface area contributed by atoms with Gasteiger partial charge in [0.1, 0.15) is 6.10 Å². The summed E-state index contributed by atoms with van der Waals surface area (Å²) in [5.41, 5.74) is 0. The maximum absolute atomic E-state index is 12.2. The fourth-order valence-electron chi connectivity index (χ4n) is 3.72. The van der Waals surface area contributed by atoms with Gasteiger partial charge in [0, 0.05) is 17.9 Å². The summed E-state index contributed by atoms with van der Waals surface area (Å²) in [6, 6.07) is 1.81. The molecule has 1 heterocycles. The van der Waals surface area contributed by atoms with Crippen LogP contribution in [0.1, 0.15) is 12.8 Å². The van der Waals surface area contributed by atoms with Crippen LogP contribution in [-0.4, -0.2) is 43.9 Å². The van der Waals surface area contributed by atoms with Gasteiger partial charge in [-0.05, 0) is 12.8 Å². The summed E-state index contributed by atoms with van der Waals surface area (Å²) in [6.45, 7) is 2.52. The number of carbonyl (C=O) groups excluding carboxylic acids is 2. The Kier molecular flexibility index (Phi) is 3.27. The highest BCUT2D eigenvalue weighted by Crippen LogP contribution is 2.61. The number of carbonyl (C=O) groups is 2. The molecule has 0 aromatic heterocycles. The van der Waals surface area contributed by atoms with E-state index in [1.807, 2.05) is 6.07 Å². The number of nitriles is 1. The van der Waals surface area contributed by atoms with Crippen molar-refractivity contribution >= 4 is 22.1 Å². The van der Waals surface area contributed by atoms with Gasteiger partial charge in [0.15, 0.2) is 6.61 Å². The third-order valence-corrected chi connectivity index (χ3v) is 6.49. The third kappa shape index (κ3) is 1.80. The van der Waals surface area contributed by atoms with E-state index in [1.165, 1.54) is 0 Å². The van der Waals surface area contributed by atoms with Crippen LogP contribution in [0.15, 0.2) is 12.7 Å². The third-order valence-electron chi connectivity index (χ3n) is 4.54. The second kappa shape index (κ2) is 4.79. The molecule has 3 fully saturated rings. The van der Waals surface area contributed by atoms with E-state index >= 15 is 0 Å². The predicted octanol–water partition coefficient (Wildman–Crippen LogP) is -0.342. The molecule has 8 nitrogen and oxygen atoms in total. The number of esters is 2. The normalized spacial score (nSPS) is 40.0. The van der Waals surface area contributed by atoms with Gasteiger partial charge in [-0.15, -0.1) is 0 Å². The zero-order valence-corrected chi connectivity index (χ0v) is 12.2. The number of hydrogen-bond donors (Lipinski definition) is 0. The van der Waals surface area contributed by atoms with Gasteiger partial charge in [0.2, 0.25) is 4.75 Å². The molecule has 2 aliphatic carbocycles.